The normalized spacial score (nSPS) is 10.9. The largest absolute Gasteiger partial charge is 0.289 e. The van der Waals surface area contributed by atoms with Crippen molar-refractivity contribution in [3.05, 3.63) is 89.5 Å². The molecule has 3 aromatic carbocycles. The van der Waals surface area contributed by atoms with Gasteiger partial charge in [-0.1, -0.05) is 60.2 Å². The van der Waals surface area contributed by atoms with Crippen LogP contribution in [0.3, 0.4) is 0 Å². The second-order valence-corrected chi connectivity index (χ2v) is 6.76. The van der Waals surface area contributed by atoms with Crippen molar-refractivity contribution >= 4 is 27.3 Å². The van der Waals surface area contributed by atoms with E-state index in [0.29, 0.717) is 11.1 Å². The first kappa shape index (κ1) is 14.8. The van der Waals surface area contributed by atoms with Gasteiger partial charge in [-0.25, -0.2) is 4.98 Å². The summed E-state index contributed by atoms with van der Waals surface area (Å²) in [4.78, 5) is 17.7. The number of rotatable bonds is 3. The average molecular weight is 329 g/mol. The molecule has 0 amide bonds. The third kappa shape index (κ3) is 2.63. The Bertz CT molecular complexity index is 1000. The predicted octanol–water partition coefficient (Wildman–Crippen LogP) is 5.50. The molecule has 24 heavy (non-hydrogen) atoms. The Morgan fingerprint density at radius 3 is 2.46 bits per heavy atom. The van der Waals surface area contributed by atoms with Gasteiger partial charge in [0, 0.05) is 16.7 Å². The summed E-state index contributed by atoms with van der Waals surface area (Å²) in [5.74, 6) is 0.0357. The number of nitrogens with zero attached hydrogens (tertiary/aromatic N) is 1. The molecule has 0 bridgehead atoms. The fraction of sp³-hybridized carbons (Fsp3) is 0.0476. The molecule has 0 N–H and O–H groups in total. The molecule has 0 unspecified atom stereocenters. The van der Waals surface area contributed by atoms with Crippen molar-refractivity contribution in [1.82, 2.24) is 4.98 Å². The summed E-state index contributed by atoms with van der Waals surface area (Å²) in [5, 5.41) is 0.885. The first-order chi connectivity index (χ1) is 11.7. The zero-order valence-electron chi connectivity index (χ0n) is 13.2. The second-order valence-electron chi connectivity index (χ2n) is 5.73. The number of fused-ring (bicyclic) bond motifs is 1. The quantitative estimate of drug-likeness (QED) is 0.464. The third-order valence-corrected chi connectivity index (χ3v) is 5.05. The summed E-state index contributed by atoms with van der Waals surface area (Å²) in [6.45, 7) is 2.00. The van der Waals surface area contributed by atoms with E-state index in [1.807, 2.05) is 73.7 Å². The molecule has 2 nitrogen and oxygen atoms in total. The molecular weight excluding hydrogens is 314 g/mol. The predicted molar refractivity (Wildman–Crippen MR) is 99.7 cm³/mol. The minimum Gasteiger partial charge on any atom is -0.289 e. The maximum absolute atomic E-state index is 13.0. The molecule has 0 spiro atoms. The van der Waals surface area contributed by atoms with Crippen molar-refractivity contribution in [3.63, 3.8) is 0 Å². The molecule has 1 aromatic heterocycles. The van der Waals surface area contributed by atoms with Crippen molar-refractivity contribution < 1.29 is 4.79 Å². The van der Waals surface area contributed by atoms with Gasteiger partial charge >= 0.3 is 0 Å². The van der Waals surface area contributed by atoms with Crippen molar-refractivity contribution in [2.24, 2.45) is 0 Å². The number of thiazole rings is 1. The van der Waals surface area contributed by atoms with E-state index in [4.69, 9.17) is 4.98 Å². The van der Waals surface area contributed by atoms with E-state index in [0.717, 1.165) is 26.4 Å². The highest BCUT2D eigenvalue weighted by molar-refractivity contribution is 7.21. The van der Waals surface area contributed by atoms with Gasteiger partial charge in [-0.15, -0.1) is 11.3 Å². The SMILES string of the molecule is Cc1ccc(-c2nc3ccccc3s2)c(C(=O)c2ccccc2)c1. The monoisotopic (exact) mass is 329 g/mol. The molecule has 0 aliphatic rings. The molecule has 4 rings (SSSR count). The minimum atomic E-state index is 0.0357. The van der Waals surface area contributed by atoms with Gasteiger partial charge in [-0.05, 0) is 25.1 Å². The number of hydrogen-bond acceptors (Lipinski definition) is 3. The average Bonchev–Trinajstić information content (AvgIpc) is 3.05. The van der Waals surface area contributed by atoms with Gasteiger partial charge in [0.1, 0.15) is 5.01 Å². The lowest BCUT2D eigenvalue weighted by Crippen LogP contribution is -2.03. The maximum atomic E-state index is 13.0. The van der Waals surface area contributed by atoms with E-state index in [2.05, 4.69) is 6.07 Å². The molecule has 4 aromatic rings. The van der Waals surface area contributed by atoms with Crippen LogP contribution in [0.15, 0.2) is 72.8 Å². The van der Waals surface area contributed by atoms with Crippen molar-refractivity contribution in [1.29, 1.82) is 0 Å². The van der Waals surface area contributed by atoms with E-state index >= 15 is 0 Å². The van der Waals surface area contributed by atoms with Crippen LogP contribution in [0.4, 0.5) is 0 Å². The summed E-state index contributed by atoms with van der Waals surface area (Å²) in [6.07, 6.45) is 0. The van der Waals surface area contributed by atoms with Crippen LogP contribution >= 0.6 is 11.3 Å². The molecule has 0 saturated carbocycles. The van der Waals surface area contributed by atoms with Gasteiger partial charge in [0.05, 0.1) is 10.2 Å². The first-order valence-electron chi connectivity index (χ1n) is 7.79. The molecule has 1 heterocycles. The Balaban J connectivity index is 1.88. The Morgan fingerprint density at radius 2 is 1.67 bits per heavy atom. The molecule has 0 saturated heterocycles. The summed E-state index contributed by atoms with van der Waals surface area (Å²) < 4.78 is 1.13. The molecular formula is C21H15NOS. The summed E-state index contributed by atoms with van der Waals surface area (Å²) in [7, 11) is 0. The number of benzene rings is 3. The summed E-state index contributed by atoms with van der Waals surface area (Å²) >= 11 is 1.62. The standard InChI is InChI=1S/C21H15NOS/c1-14-11-12-16(21-22-18-9-5-6-10-19(18)24-21)17(13-14)20(23)15-7-3-2-4-8-15/h2-13H,1H3. The van der Waals surface area contributed by atoms with Gasteiger partial charge in [-0.3, -0.25) is 4.79 Å². The zero-order chi connectivity index (χ0) is 16.5. The second kappa shape index (κ2) is 6.02. The first-order valence-corrected chi connectivity index (χ1v) is 8.60. The van der Waals surface area contributed by atoms with E-state index in [-0.39, 0.29) is 5.78 Å². The van der Waals surface area contributed by atoms with Crippen LogP contribution in [-0.2, 0) is 0 Å². The Hall–Kier alpha value is -2.78. The smallest absolute Gasteiger partial charge is 0.193 e. The van der Waals surface area contributed by atoms with Crippen LogP contribution < -0.4 is 0 Å². The van der Waals surface area contributed by atoms with Crippen molar-refractivity contribution in [2.45, 2.75) is 6.92 Å². The van der Waals surface area contributed by atoms with Crippen LogP contribution in [0.1, 0.15) is 21.5 Å². The van der Waals surface area contributed by atoms with Crippen molar-refractivity contribution in [3.8, 4) is 10.6 Å². The highest BCUT2D eigenvalue weighted by atomic mass is 32.1. The Morgan fingerprint density at radius 1 is 0.917 bits per heavy atom. The Labute approximate surface area is 144 Å². The summed E-state index contributed by atoms with van der Waals surface area (Å²) in [6, 6.07) is 23.4. The molecule has 0 radical (unpaired) electrons. The molecule has 0 fully saturated rings. The fourth-order valence-electron chi connectivity index (χ4n) is 2.76. The van der Waals surface area contributed by atoms with Gasteiger partial charge in [-0.2, -0.15) is 0 Å². The molecule has 0 aliphatic carbocycles. The lowest BCUT2D eigenvalue weighted by atomic mass is 9.97. The molecule has 0 atom stereocenters. The number of carbonyl (C=O) groups is 1. The van der Waals surface area contributed by atoms with Crippen LogP contribution in [0.25, 0.3) is 20.8 Å². The molecule has 3 heteroatoms. The Kier molecular flexibility index (Phi) is 3.71. The van der Waals surface area contributed by atoms with Gasteiger partial charge < -0.3 is 0 Å². The number of ketones is 1. The zero-order valence-corrected chi connectivity index (χ0v) is 14.0. The van der Waals surface area contributed by atoms with E-state index < -0.39 is 0 Å². The van der Waals surface area contributed by atoms with E-state index in [1.54, 1.807) is 11.3 Å². The van der Waals surface area contributed by atoms with Crippen LogP contribution in [-0.4, -0.2) is 10.8 Å². The van der Waals surface area contributed by atoms with Gasteiger partial charge in [0.2, 0.25) is 0 Å². The van der Waals surface area contributed by atoms with Gasteiger partial charge in [0.15, 0.2) is 5.78 Å². The van der Waals surface area contributed by atoms with Crippen LogP contribution in [0.2, 0.25) is 0 Å². The highest BCUT2D eigenvalue weighted by Gasteiger charge is 2.17. The third-order valence-electron chi connectivity index (χ3n) is 3.98. The minimum absolute atomic E-state index is 0.0357. The number of aromatic nitrogens is 1. The lowest BCUT2D eigenvalue weighted by Gasteiger charge is -2.08. The van der Waals surface area contributed by atoms with Crippen LogP contribution in [0, 0.1) is 6.92 Å². The summed E-state index contributed by atoms with van der Waals surface area (Å²) in [5.41, 5.74) is 4.34. The molecule has 116 valence electrons. The van der Waals surface area contributed by atoms with Gasteiger partial charge in [0.25, 0.3) is 0 Å². The fourth-order valence-corrected chi connectivity index (χ4v) is 3.77. The maximum Gasteiger partial charge on any atom is 0.193 e. The number of carbonyl (C=O) groups excluding carboxylic acids is 1. The number of para-hydroxylation sites is 1. The number of aryl methyl sites for hydroxylation is 1. The van der Waals surface area contributed by atoms with Crippen LogP contribution in [0.5, 0.6) is 0 Å². The lowest BCUT2D eigenvalue weighted by molar-refractivity contribution is 0.103. The van der Waals surface area contributed by atoms with E-state index in [1.165, 1.54) is 0 Å². The molecule has 0 aliphatic heterocycles. The topological polar surface area (TPSA) is 30.0 Å². The number of hydrogen-bond donors (Lipinski definition) is 0. The highest BCUT2D eigenvalue weighted by Crippen LogP contribution is 2.33. The van der Waals surface area contributed by atoms with Crippen molar-refractivity contribution in [2.75, 3.05) is 0 Å². The van der Waals surface area contributed by atoms with E-state index in [9.17, 15) is 4.79 Å².